The van der Waals surface area contributed by atoms with Crippen LogP contribution in [0.15, 0.2) is 43.0 Å². The van der Waals surface area contributed by atoms with Crippen molar-refractivity contribution in [2.24, 2.45) is 0 Å². The highest BCUT2D eigenvalue weighted by Gasteiger charge is 1.98. The predicted molar refractivity (Wildman–Crippen MR) is 58.8 cm³/mol. The maximum Gasteiger partial charge on any atom is -0.0109 e. The number of benzene rings is 2. The van der Waals surface area contributed by atoms with Crippen LogP contribution in [0.1, 0.15) is 11.1 Å². The first-order valence-electron chi connectivity index (χ1n) is 4.43. The highest BCUT2D eigenvalue weighted by Crippen LogP contribution is 2.22. The molecule has 2 aromatic rings. The molecule has 0 bridgehead atoms. The zero-order valence-corrected chi connectivity index (χ0v) is 7.75. The molecule has 0 heterocycles. The molecule has 0 aliphatic rings. The fraction of sp³-hybridized carbons (Fsp3) is 0.0769. The van der Waals surface area contributed by atoms with Gasteiger partial charge < -0.3 is 0 Å². The van der Waals surface area contributed by atoms with Gasteiger partial charge in [-0.3, -0.25) is 0 Å². The van der Waals surface area contributed by atoms with Crippen molar-refractivity contribution in [3.63, 3.8) is 0 Å². The fourth-order valence-corrected chi connectivity index (χ4v) is 1.67. The third-order valence-electron chi connectivity index (χ3n) is 2.39. The van der Waals surface area contributed by atoms with Crippen LogP contribution in [0.3, 0.4) is 0 Å². The maximum absolute atomic E-state index is 3.81. The van der Waals surface area contributed by atoms with Crippen molar-refractivity contribution in [1.82, 2.24) is 0 Å². The summed E-state index contributed by atoms with van der Waals surface area (Å²) in [5.41, 5.74) is 2.53. The lowest BCUT2D eigenvalue weighted by molar-refractivity contribution is 1.53. The molecule has 0 saturated carbocycles. The van der Waals surface area contributed by atoms with Crippen LogP contribution in [0.25, 0.3) is 16.8 Å². The summed E-state index contributed by atoms with van der Waals surface area (Å²) in [4.78, 5) is 0. The predicted octanol–water partition coefficient (Wildman–Crippen LogP) is 3.79. The van der Waals surface area contributed by atoms with Gasteiger partial charge in [0.2, 0.25) is 0 Å². The second-order valence-electron chi connectivity index (χ2n) is 3.22. The van der Waals surface area contributed by atoms with Gasteiger partial charge in [-0.1, -0.05) is 49.1 Å². The normalized spacial score (nSPS) is 10.2. The molecule has 0 unspecified atom stereocenters. The Balaban J connectivity index is 2.92. The number of rotatable bonds is 1. The van der Waals surface area contributed by atoms with E-state index in [4.69, 9.17) is 0 Å². The van der Waals surface area contributed by atoms with Gasteiger partial charge in [-0.15, -0.1) is 0 Å². The van der Waals surface area contributed by atoms with Crippen LogP contribution in [-0.4, -0.2) is 0 Å². The first-order valence-corrected chi connectivity index (χ1v) is 4.43. The number of hydrogen-bond donors (Lipinski definition) is 0. The summed E-state index contributed by atoms with van der Waals surface area (Å²) in [5, 5.41) is 2.61. The standard InChI is InChI=1S/C13H12/c1-3-11-7-5-8-12-10(2)6-4-9-13(11)12/h3-9H,1H2,2H3. The van der Waals surface area contributed by atoms with Gasteiger partial charge in [0.1, 0.15) is 0 Å². The van der Waals surface area contributed by atoms with Crippen molar-refractivity contribution in [2.75, 3.05) is 0 Å². The molecular formula is C13H12. The SMILES string of the molecule is C=Cc1cccc2c(C)cccc12. The molecule has 64 valence electrons. The van der Waals surface area contributed by atoms with Crippen LogP contribution in [0.4, 0.5) is 0 Å². The molecule has 2 rings (SSSR count). The second kappa shape index (κ2) is 3.06. The molecule has 2 aromatic carbocycles. The zero-order chi connectivity index (χ0) is 9.26. The molecule has 0 aliphatic carbocycles. The second-order valence-corrected chi connectivity index (χ2v) is 3.22. The Morgan fingerprint density at radius 3 is 2.46 bits per heavy atom. The Morgan fingerprint density at radius 1 is 1.00 bits per heavy atom. The molecule has 0 radical (unpaired) electrons. The lowest BCUT2D eigenvalue weighted by Crippen LogP contribution is -1.80. The Bertz CT molecular complexity index is 453. The first-order chi connectivity index (χ1) is 6.33. The molecule has 0 amide bonds. The van der Waals surface area contributed by atoms with E-state index in [1.54, 1.807) is 0 Å². The number of fused-ring (bicyclic) bond motifs is 1. The van der Waals surface area contributed by atoms with E-state index in [9.17, 15) is 0 Å². The van der Waals surface area contributed by atoms with Gasteiger partial charge in [-0.25, -0.2) is 0 Å². The van der Waals surface area contributed by atoms with E-state index in [1.807, 2.05) is 6.08 Å². The van der Waals surface area contributed by atoms with Crippen molar-refractivity contribution in [3.8, 4) is 0 Å². The highest BCUT2D eigenvalue weighted by atomic mass is 14.0. The minimum absolute atomic E-state index is 1.21. The maximum atomic E-state index is 3.81. The van der Waals surface area contributed by atoms with Crippen LogP contribution in [-0.2, 0) is 0 Å². The van der Waals surface area contributed by atoms with Gasteiger partial charge in [0.05, 0.1) is 0 Å². The smallest absolute Gasteiger partial charge is 0.0109 e. The fourth-order valence-electron chi connectivity index (χ4n) is 1.67. The Labute approximate surface area is 78.5 Å². The number of hydrogen-bond acceptors (Lipinski definition) is 0. The quantitative estimate of drug-likeness (QED) is 0.607. The van der Waals surface area contributed by atoms with E-state index >= 15 is 0 Å². The summed E-state index contributed by atoms with van der Waals surface area (Å²) in [6.07, 6.45) is 1.90. The molecule has 0 saturated heterocycles. The lowest BCUT2D eigenvalue weighted by Gasteiger charge is -2.04. The molecule has 13 heavy (non-hydrogen) atoms. The molecule has 0 fully saturated rings. The molecule has 0 heteroatoms. The third kappa shape index (κ3) is 1.25. The molecule has 0 N–H and O–H groups in total. The Morgan fingerprint density at radius 2 is 1.69 bits per heavy atom. The summed E-state index contributed by atoms with van der Waals surface area (Å²) in [6, 6.07) is 12.7. The van der Waals surface area contributed by atoms with Crippen molar-refractivity contribution >= 4 is 16.8 Å². The Kier molecular flexibility index (Phi) is 1.90. The summed E-state index contributed by atoms with van der Waals surface area (Å²) in [6.45, 7) is 5.94. The van der Waals surface area contributed by atoms with Crippen molar-refractivity contribution in [2.45, 2.75) is 6.92 Å². The van der Waals surface area contributed by atoms with Gasteiger partial charge >= 0.3 is 0 Å². The van der Waals surface area contributed by atoms with Gasteiger partial charge in [0, 0.05) is 0 Å². The minimum Gasteiger partial charge on any atom is -0.0984 e. The van der Waals surface area contributed by atoms with Gasteiger partial charge in [0.15, 0.2) is 0 Å². The monoisotopic (exact) mass is 168 g/mol. The van der Waals surface area contributed by atoms with Crippen LogP contribution in [0.5, 0.6) is 0 Å². The largest absolute Gasteiger partial charge is 0.0984 e. The van der Waals surface area contributed by atoms with Crippen molar-refractivity contribution < 1.29 is 0 Å². The summed E-state index contributed by atoms with van der Waals surface area (Å²) >= 11 is 0. The third-order valence-corrected chi connectivity index (χ3v) is 2.39. The topological polar surface area (TPSA) is 0 Å². The Hall–Kier alpha value is -1.56. The van der Waals surface area contributed by atoms with Crippen LogP contribution in [0.2, 0.25) is 0 Å². The molecule has 0 atom stereocenters. The number of aryl methyl sites for hydroxylation is 1. The average molecular weight is 168 g/mol. The zero-order valence-electron chi connectivity index (χ0n) is 7.75. The van der Waals surface area contributed by atoms with E-state index in [2.05, 4.69) is 49.9 Å². The van der Waals surface area contributed by atoms with Gasteiger partial charge in [0.25, 0.3) is 0 Å². The van der Waals surface area contributed by atoms with E-state index in [0.717, 1.165) is 0 Å². The minimum atomic E-state index is 1.21. The molecule has 0 aliphatic heterocycles. The van der Waals surface area contributed by atoms with Gasteiger partial charge in [-0.2, -0.15) is 0 Å². The van der Waals surface area contributed by atoms with E-state index in [0.29, 0.717) is 0 Å². The summed E-state index contributed by atoms with van der Waals surface area (Å²) in [7, 11) is 0. The lowest BCUT2D eigenvalue weighted by atomic mass is 10.0. The molecule has 0 nitrogen and oxygen atoms in total. The molecule has 0 aromatic heterocycles. The average Bonchev–Trinajstić information content (AvgIpc) is 2.18. The van der Waals surface area contributed by atoms with Crippen molar-refractivity contribution in [1.29, 1.82) is 0 Å². The summed E-state index contributed by atoms with van der Waals surface area (Å²) < 4.78 is 0. The van der Waals surface area contributed by atoms with E-state index in [1.165, 1.54) is 21.9 Å². The highest BCUT2D eigenvalue weighted by molar-refractivity contribution is 5.92. The van der Waals surface area contributed by atoms with Crippen LogP contribution >= 0.6 is 0 Å². The van der Waals surface area contributed by atoms with E-state index in [-0.39, 0.29) is 0 Å². The van der Waals surface area contributed by atoms with Crippen LogP contribution in [0, 0.1) is 6.92 Å². The first kappa shape index (κ1) is 8.06. The molecule has 0 spiro atoms. The van der Waals surface area contributed by atoms with Gasteiger partial charge in [-0.05, 0) is 28.8 Å². The van der Waals surface area contributed by atoms with Crippen LogP contribution < -0.4 is 0 Å². The molecular weight excluding hydrogens is 156 g/mol. The van der Waals surface area contributed by atoms with Crippen molar-refractivity contribution in [3.05, 3.63) is 54.1 Å². The van der Waals surface area contributed by atoms with E-state index < -0.39 is 0 Å². The summed E-state index contributed by atoms with van der Waals surface area (Å²) in [5.74, 6) is 0.